The molecule has 3 atom stereocenters. The third kappa shape index (κ3) is 3.29. The number of nitro benzene ring substituents is 1. The number of hydrogen-bond donors (Lipinski definition) is 1. The number of amides is 1. The van der Waals surface area contributed by atoms with Gasteiger partial charge in [-0.1, -0.05) is 6.42 Å². The van der Waals surface area contributed by atoms with Crippen LogP contribution in [0.5, 0.6) is 11.5 Å². The van der Waals surface area contributed by atoms with E-state index in [1.54, 1.807) is 0 Å². The number of hydrogen-bond acceptors (Lipinski definition) is 6. The second-order valence-corrected chi connectivity index (χ2v) is 6.56. The van der Waals surface area contributed by atoms with Gasteiger partial charge in [0.1, 0.15) is 11.8 Å². The minimum absolute atomic E-state index is 0.0101. The van der Waals surface area contributed by atoms with Gasteiger partial charge in [-0.25, -0.2) is 4.79 Å². The number of nitrogens with zero attached hydrogens (tertiary/aromatic N) is 2. The smallest absolute Gasteiger partial charge is 0.326 e. The Morgan fingerprint density at radius 2 is 2.15 bits per heavy atom. The van der Waals surface area contributed by atoms with Crippen LogP contribution in [0.3, 0.4) is 0 Å². The van der Waals surface area contributed by atoms with E-state index in [0.717, 1.165) is 19.3 Å². The van der Waals surface area contributed by atoms with Gasteiger partial charge in [0.05, 0.1) is 12.0 Å². The molecule has 3 unspecified atom stereocenters. The lowest BCUT2D eigenvalue weighted by Gasteiger charge is -2.24. The summed E-state index contributed by atoms with van der Waals surface area (Å²) in [4.78, 5) is 35.8. The normalized spacial score (nSPS) is 24.2. The Balaban J connectivity index is 1.67. The largest absolute Gasteiger partial charge is 0.490 e. The molecule has 0 spiro atoms. The van der Waals surface area contributed by atoms with Gasteiger partial charge in [0.25, 0.3) is 5.91 Å². The third-order valence-electron chi connectivity index (χ3n) is 5.17. The number of carboxylic acids is 1. The van der Waals surface area contributed by atoms with Crippen molar-refractivity contribution in [2.24, 2.45) is 11.8 Å². The Morgan fingerprint density at radius 3 is 2.81 bits per heavy atom. The van der Waals surface area contributed by atoms with Crippen molar-refractivity contribution >= 4 is 17.6 Å². The molecule has 0 aromatic heterocycles. The van der Waals surface area contributed by atoms with Gasteiger partial charge in [0, 0.05) is 18.7 Å². The highest BCUT2D eigenvalue weighted by atomic mass is 16.6. The van der Waals surface area contributed by atoms with Gasteiger partial charge in [-0.15, -0.1) is 0 Å². The van der Waals surface area contributed by atoms with E-state index < -0.39 is 22.8 Å². The lowest BCUT2D eigenvalue weighted by atomic mass is 9.94. The lowest BCUT2D eigenvalue weighted by Crippen LogP contribution is -2.45. The van der Waals surface area contributed by atoms with Crippen LogP contribution < -0.4 is 9.47 Å². The monoisotopic (exact) mass is 364 g/mol. The van der Waals surface area contributed by atoms with E-state index in [9.17, 15) is 24.8 Å². The Kier molecular flexibility index (Phi) is 4.97. The first-order chi connectivity index (χ1) is 12.4. The molecule has 1 heterocycles. The number of ether oxygens (including phenoxy) is 2. The summed E-state index contributed by atoms with van der Waals surface area (Å²) in [6.07, 6.45) is 2.77. The number of methoxy groups -OCH3 is 1. The number of carboxylic acid groups (broad SMARTS) is 1. The average molecular weight is 364 g/mol. The molecule has 3 rings (SSSR count). The number of likely N-dealkylation sites (tertiary alicyclic amines) is 1. The molecule has 1 saturated carbocycles. The van der Waals surface area contributed by atoms with Gasteiger partial charge in [0.15, 0.2) is 6.61 Å². The van der Waals surface area contributed by atoms with E-state index in [2.05, 4.69) is 0 Å². The molecule has 1 N–H and O–H groups in total. The molecule has 0 bridgehead atoms. The number of rotatable bonds is 6. The van der Waals surface area contributed by atoms with E-state index in [1.165, 1.54) is 30.2 Å². The number of carbonyl (C=O) groups is 2. The van der Waals surface area contributed by atoms with E-state index >= 15 is 0 Å². The van der Waals surface area contributed by atoms with Crippen LogP contribution >= 0.6 is 0 Å². The highest BCUT2D eigenvalue weighted by molar-refractivity contribution is 5.85. The van der Waals surface area contributed by atoms with Crippen LogP contribution in [0.4, 0.5) is 5.69 Å². The summed E-state index contributed by atoms with van der Waals surface area (Å²) in [5.74, 6) is -0.865. The SMILES string of the molecule is COc1cc(OCC(=O)N2CC3CCCC3C2C(=O)O)ccc1[N+](=O)[O-]. The molecule has 140 valence electrons. The summed E-state index contributed by atoms with van der Waals surface area (Å²) in [6.45, 7) is 0.109. The fraction of sp³-hybridized carbons (Fsp3) is 0.529. The Bertz CT molecular complexity index is 736. The number of fused-ring (bicyclic) bond motifs is 1. The van der Waals surface area contributed by atoms with Crippen molar-refractivity contribution < 1.29 is 29.1 Å². The van der Waals surface area contributed by atoms with Crippen molar-refractivity contribution in [3.8, 4) is 11.5 Å². The van der Waals surface area contributed by atoms with Crippen molar-refractivity contribution in [3.05, 3.63) is 28.3 Å². The van der Waals surface area contributed by atoms with E-state index in [-0.39, 0.29) is 35.6 Å². The van der Waals surface area contributed by atoms with Gasteiger partial charge in [-0.2, -0.15) is 0 Å². The molecule has 1 aliphatic heterocycles. The molecule has 9 heteroatoms. The molecule has 9 nitrogen and oxygen atoms in total. The zero-order valence-electron chi connectivity index (χ0n) is 14.3. The topological polar surface area (TPSA) is 119 Å². The first kappa shape index (κ1) is 18.0. The Morgan fingerprint density at radius 1 is 1.38 bits per heavy atom. The third-order valence-corrected chi connectivity index (χ3v) is 5.17. The van der Waals surface area contributed by atoms with E-state index in [1.807, 2.05) is 0 Å². The standard InChI is InChI=1S/C17H20N2O7/c1-25-14-7-11(5-6-13(14)19(23)24)26-9-15(20)18-8-10-3-2-4-12(10)16(18)17(21)22/h5-7,10,12,16H,2-4,8-9H2,1H3,(H,21,22). The average Bonchev–Trinajstić information content (AvgIpc) is 3.19. The van der Waals surface area contributed by atoms with Crippen molar-refractivity contribution in [3.63, 3.8) is 0 Å². The highest BCUT2D eigenvalue weighted by Gasteiger charge is 2.49. The van der Waals surface area contributed by atoms with Gasteiger partial charge in [-0.05, 0) is 30.7 Å². The number of aliphatic carboxylic acids is 1. The Labute approximate surface area is 149 Å². The second kappa shape index (κ2) is 7.19. The summed E-state index contributed by atoms with van der Waals surface area (Å²) in [5.41, 5.74) is -0.204. The predicted octanol–water partition coefficient (Wildman–Crippen LogP) is 1.69. The van der Waals surface area contributed by atoms with Gasteiger partial charge >= 0.3 is 11.7 Å². The van der Waals surface area contributed by atoms with Gasteiger partial charge < -0.3 is 19.5 Å². The molecule has 1 saturated heterocycles. The van der Waals surface area contributed by atoms with Crippen LogP contribution in [0.2, 0.25) is 0 Å². The summed E-state index contributed by atoms with van der Waals surface area (Å²) in [7, 11) is 1.30. The molecular formula is C17H20N2O7. The van der Waals surface area contributed by atoms with Crippen LogP contribution in [0.25, 0.3) is 0 Å². The molecule has 1 amide bonds. The predicted molar refractivity (Wildman–Crippen MR) is 89.1 cm³/mol. The maximum absolute atomic E-state index is 12.5. The summed E-state index contributed by atoms with van der Waals surface area (Å²) < 4.78 is 10.4. The molecule has 2 fully saturated rings. The van der Waals surface area contributed by atoms with Crippen LogP contribution in [-0.4, -0.2) is 53.1 Å². The maximum Gasteiger partial charge on any atom is 0.326 e. The van der Waals surface area contributed by atoms with E-state index in [4.69, 9.17) is 9.47 Å². The van der Waals surface area contributed by atoms with Crippen LogP contribution in [0.1, 0.15) is 19.3 Å². The zero-order valence-corrected chi connectivity index (χ0v) is 14.3. The summed E-state index contributed by atoms with van der Waals surface area (Å²) in [6, 6.07) is 3.14. The fourth-order valence-corrected chi connectivity index (χ4v) is 4.01. The highest BCUT2D eigenvalue weighted by Crippen LogP contribution is 2.42. The second-order valence-electron chi connectivity index (χ2n) is 6.56. The van der Waals surface area contributed by atoms with Crippen LogP contribution in [-0.2, 0) is 9.59 Å². The molecule has 1 aromatic carbocycles. The molecule has 1 aliphatic carbocycles. The number of benzene rings is 1. The van der Waals surface area contributed by atoms with E-state index in [0.29, 0.717) is 6.54 Å². The van der Waals surface area contributed by atoms with Gasteiger partial charge in [-0.3, -0.25) is 14.9 Å². The molecule has 26 heavy (non-hydrogen) atoms. The lowest BCUT2D eigenvalue weighted by molar-refractivity contribution is -0.385. The summed E-state index contributed by atoms with van der Waals surface area (Å²) >= 11 is 0. The molecule has 2 aliphatic rings. The fourth-order valence-electron chi connectivity index (χ4n) is 4.01. The minimum atomic E-state index is -0.982. The summed E-state index contributed by atoms with van der Waals surface area (Å²) in [5, 5.41) is 20.4. The number of carbonyl (C=O) groups excluding carboxylic acids is 1. The van der Waals surface area contributed by atoms with Crippen molar-refractivity contribution in [2.75, 3.05) is 20.3 Å². The van der Waals surface area contributed by atoms with Crippen molar-refractivity contribution in [1.82, 2.24) is 4.90 Å². The van der Waals surface area contributed by atoms with Crippen LogP contribution in [0, 0.1) is 22.0 Å². The van der Waals surface area contributed by atoms with Crippen molar-refractivity contribution in [1.29, 1.82) is 0 Å². The minimum Gasteiger partial charge on any atom is -0.490 e. The first-order valence-corrected chi connectivity index (χ1v) is 8.40. The zero-order chi connectivity index (χ0) is 18.8. The maximum atomic E-state index is 12.5. The van der Waals surface area contributed by atoms with Gasteiger partial charge in [0.2, 0.25) is 5.75 Å². The van der Waals surface area contributed by atoms with Crippen LogP contribution in [0.15, 0.2) is 18.2 Å². The molecule has 1 aromatic rings. The number of nitro groups is 1. The van der Waals surface area contributed by atoms with Crippen molar-refractivity contribution in [2.45, 2.75) is 25.3 Å². The Hall–Kier alpha value is -2.84. The quantitative estimate of drug-likeness (QED) is 0.602. The molecule has 0 radical (unpaired) electrons. The first-order valence-electron chi connectivity index (χ1n) is 8.40. The molecular weight excluding hydrogens is 344 g/mol.